The van der Waals surface area contributed by atoms with Gasteiger partial charge in [-0.25, -0.2) is 9.78 Å². The average Bonchev–Trinajstić information content (AvgIpc) is 2.72. The largest absolute Gasteiger partial charge is 0.462 e. The Morgan fingerprint density at radius 3 is 2.72 bits per heavy atom. The molecular formula is C25H29NO5S. The van der Waals surface area contributed by atoms with Gasteiger partial charge in [-0.3, -0.25) is 4.79 Å². The lowest BCUT2D eigenvalue weighted by atomic mass is 9.73. The number of hydrogen-bond donors (Lipinski definition) is 1. The van der Waals surface area contributed by atoms with Gasteiger partial charge in [-0.05, 0) is 48.5 Å². The maximum absolute atomic E-state index is 12.1. The molecule has 0 radical (unpaired) electrons. The number of pyridine rings is 1. The van der Waals surface area contributed by atoms with Crippen molar-refractivity contribution in [1.29, 1.82) is 0 Å². The van der Waals surface area contributed by atoms with Crippen molar-refractivity contribution in [2.75, 3.05) is 6.61 Å². The lowest BCUT2D eigenvalue weighted by molar-refractivity contribution is -0.194. The van der Waals surface area contributed by atoms with Gasteiger partial charge in [0.05, 0.1) is 18.1 Å². The summed E-state index contributed by atoms with van der Waals surface area (Å²) in [4.78, 5) is 28.1. The first-order valence-corrected chi connectivity index (χ1v) is 11.2. The van der Waals surface area contributed by atoms with Gasteiger partial charge in [-0.2, -0.15) is 0 Å². The highest BCUT2D eigenvalue weighted by Crippen LogP contribution is 2.50. The van der Waals surface area contributed by atoms with Crippen LogP contribution in [0.3, 0.4) is 0 Å². The van der Waals surface area contributed by atoms with Crippen LogP contribution in [0.5, 0.6) is 0 Å². The predicted molar refractivity (Wildman–Crippen MR) is 123 cm³/mol. The van der Waals surface area contributed by atoms with Gasteiger partial charge >= 0.3 is 17.1 Å². The van der Waals surface area contributed by atoms with Crippen LogP contribution < -0.4 is 0 Å². The van der Waals surface area contributed by atoms with Crippen LogP contribution in [-0.2, 0) is 19.0 Å². The SMILES string of the molecule is CCOC(=O)c1ccc(C#CC2C=CC3=C(C2)C(C)(C)CC(S)(OC(=O)C(C)C)O3)nc1. The van der Waals surface area contributed by atoms with Gasteiger partial charge in [-0.15, -0.1) is 0 Å². The first kappa shape index (κ1) is 23.9. The molecule has 170 valence electrons. The number of aromatic nitrogens is 1. The molecule has 0 bridgehead atoms. The topological polar surface area (TPSA) is 74.7 Å². The monoisotopic (exact) mass is 455 g/mol. The van der Waals surface area contributed by atoms with Crippen molar-refractivity contribution in [2.45, 2.75) is 52.6 Å². The maximum atomic E-state index is 12.1. The Morgan fingerprint density at radius 1 is 1.34 bits per heavy atom. The van der Waals surface area contributed by atoms with Crippen molar-refractivity contribution in [3.63, 3.8) is 0 Å². The maximum Gasteiger partial charge on any atom is 0.339 e. The molecule has 0 amide bonds. The van der Waals surface area contributed by atoms with Gasteiger partial charge in [-0.1, -0.05) is 52.3 Å². The van der Waals surface area contributed by atoms with Gasteiger partial charge < -0.3 is 14.2 Å². The summed E-state index contributed by atoms with van der Waals surface area (Å²) in [6.07, 6.45) is 6.46. The van der Waals surface area contributed by atoms with Crippen LogP contribution in [0.1, 0.15) is 63.5 Å². The van der Waals surface area contributed by atoms with Crippen LogP contribution in [0, 0.1) is 29.1 Å². The molecule has 3 rings (SSSR count). The Morgan fingerprint density at radius 2 is 2.09 bits per heavy atom. The zero-order chi connectivity index (χ0) is 23.5. The number of esters is 2. The van der Waals surface area contributed by atoms with E-state index in [1.54, 1.807) is 32.9 Å². The zero-order valence-corrected chi connectivity index (χ0v) is 20.0. The number of nitrogens with zero attached hydrogens (tertiary/aromatic N) is 1. The van der Waals surface area contributed by atoms with Crippen molar-refractivity contribution < 1.29 is 23.8 Å². The molecule has 0 fully saturated rings. The summed E-state index contributed by atoms with van der Waals surface area (Å²) in [5.41, 5.74) is 1.83. The van der Waals surface area contributed by atoms with Crippen LogP contribution in [-0.4, -0.2) is 28.6 Å². The highest BCUT2D eigenvalue weighted by molar-refractivity contribution is 7.81. The average molecular weight is 456 g/mol. The van der Waals surface area contributed by atoms with Gasteiger partial charge in [0, 0.05) is 18.5 Å². The number of allylic oxidation sites excluding steroid dienone is 3. The summed E-state index contributed by atoms with van der Waals surface area (Å²) in [5, 5.41) is -1.29. The third-order valence-electron chi connectivity index (χ3n) is 5.34. The van der Waals surface area contributed by atoms with Crippen LogP contribution in [0.25, 0.3) is 0 Å². The number of carbonyl (C=O) groups excluding carboxylic acids is 2. The van der Waals surface area contributed by atoms with Crippen LogP contribution in [0.15, 0.2) is 41.8 Å². The number of carbonyl (C=O) groups is 2. The molecule has 2 heterocycles. The number of ether oxygens (including phenoxy) is 3. The van der Waals surface area contributed by atoms with E-state index >= 15 is 0 Å². The van der Waals surface area contributed by atoms with Gasteiger partial charge in [0.25, 0.3) is 0 Å². The highest BCUT2D eigenvalue weighted by atomic mass is 32.1. The summed E-state index contributed by atoms with van der Waals surface area (Å²) < 4.78 is 16.5. The molecule has 0 aromatic carbocycles. The van der Waals surface area contributed by atoms with E-state index in [9.17, 15) is 9.59 Å². The molecule has 0 N–H and O–H groups in total. The molecule has 2 aliphatic rings. The highest BCUT2D eigenvalue weighted by Gasteiger charge is 2.47. The predicted octanol–water partition coefficient (Wildman–Crippen LogP) is 4.67. The minimum Gasteiger partial charge on any atom is -0.462 e. The fourth-order valence-electron chi connectivity index (χ4n) is 3.67. The molecular weight excluding hydrogens is 426 g/mol. The van der Waals surface area contributed by atoms with Crippen molar-refractivity contribution >= 4 is 24.6 Å². The third-order valence-corrected chi connectivity index (χ3v) is 5.69. The molecule has 6 nitrogen and oxygen atoms in total. The van der Waals surface area contributed by atoms with E-state index in [4.69, 9.17) is 14.2 Å². The Balaban J connectivity index is 1.72. The van der Waals surface area contributed by atoms with Crippen LogP contribution >= 0.6 is 12.6 Å². The molecule has 0 saturated carbocycles. The van der Waals surface area contributed by atoms with E-state index in [1.807, 2.05) is 12.2 Å². The number of thiol groups is 1. The summed E-state index contributed by atoms with van der Waals surface area (Å²) in [7, 11) is 0. The van der Waals surface area contributed by atoms with Gasteiger partial charge in [0.15, 0.2) is 0 Å². The standard InChI is InChI=1S/C25H29NO5S/c1-6-29-23(28)18-9-11-19(26-14-18)10-7-17-8-12-21-20(13-17)24(4,5)15-25(32,30-21)31-22(27)16(2)3/h8-9,11-12,14,16-17,32H,6,13,15H2,1-5H3. The second-order valence-corrected chi connectivity index (χ2v) is 9.57. The van der Waals surface area contributed by atoms with Crippen molar-refractivity contribution in [3.8, 4) is 11.8 Å². The summed E-state index contributed by atoms with van der Waals surface area (Å²) in [6, 6.07) is 3.37. The van der Waals surface area contributed by atoms with E-state index in [1.165, 1.54) is 6.20 Å². The van der Waals surface area contributed by atoms with Crippen LogP contribution in [0.4, 0.5) is 0 Å². The number of hydrogen-bond acceptors (Lipinski definition) is 7. The fourth-order valence-corrected chi connectivity index (χ4v) is 4.26. The smallest absolute Gasteiger partial charge is 0.339 e. The van der Waals surface area contributed by atoms with Crippen molar-refractivity contribution in [2.24, 2.45) is 17.3 Å². The van der Waals surface area contributed by atoms with E-state index in [2.05, 4.69) is 43.3 Å². The van der Waals surface area contributed by atoms with Gasteiger partial charge in [0.2, 0.25) is 0 Å². The molecule has 0 spiro atoms. The summed E-state index contributed by atoms with van der Waals surface area (Å²) in [6.45, 7) is 9.83. The molecule has 1 aliphatic heterocycles. The van der Waals surface area contributed by atoms with Gasteiger partial charge in [0.1, 0.15) is 11.5 Å². The molecule has 7 heteroatoms. The van der Waals surface area contributed by atoms with E-state index < -0.39 is 11.1 Å². The normalized spacial score (nSPS) is 23.5. The molecule has 1 aliphatic carbocycles. The van der Waals surface area contributed by atoms with Crippen molar-refractivity contribution in [1.82, 2.24) is 4.98 Å². The Labute approximate surface area is 194 Å². The Bertz CT molecular complexity index is 1010. The summed E-state index contributed by atoms with van der Waals surface area (Å²) >= 11 is 4.56. The van der Waals surface area contributed by atoms with E-state index in [0.29, 0.717) is 36.5 Å². The summed E-state index contributed by atoms with van der Waals surface area (Å²) in [5.74, 6) is 6.00. The molecule has 1 aromatic rings. The second-order valence-electron chi connectivity index (χ2n) is 8.89. The first-order valence-electron chi connectivity index (χ1n) is 10.7. The molecule has 1 aromatic heterocycles. The Kier molecular flexibility index (Phi) is 7.04. The molecule has 2 atom stereocenters. The number of rotatable bonds is 4. The van der Waals surface area contributed by atoms with E-state index in [0.717, 1.165) is 5.57 Å². The lowest BCUT2D eigenvalue weighted by Gasteiger charge is -2.44. The fraction of sp³-hybridized carbons (Fsp3) is 0.480. The lowest BCUT2D eigenvalue weighted by Crippen LogP contribution is -2.43. The molecule has 0 saturated heterocycles. The minimum absolute atomic E-state index is 0.00575. The zero-order valence-electron chi connectivity index (χ0n) is 19.1. The van der Waals surface area contributed by atoms with E-state index in [-0.39, 0.29) is 23.2 Å². The molecule has 32 heavy (non-hydrogen) atoms. The molecule has 2 unspecified atom stereocenters. The van der Waals surface area contributed by atoms with Crippen molar-refractivity contribution in [3.05, 3.63) is 53.1 Å². The third kappa shape index (κ3) is 5.55. The Hall–Kier alpha value is -2.72. The first-order chi connectivity index (χ1) is 15.0. The quantitative estimate of drug-likeness (QED) is 0.308. The van der Waals surface area contributed by atoms with Crippen LogP contribution in [0.2, 0.25) is 0 Å². The minimum atomic E-state index is -1.29. The second kappa shape index (κ2) is 9.41.